The Morgan fingerprint density at radius 2 is 2.14 bits per heavy atom. The molecule has 1 saturated carbocycles. The van der Waals surface area contributed by atoms with Gasteiger partial charge < -0.3 is 4.90 Å². The van der Waals surface area contributed by atoms with E-state index in [9.17, 15) is 18.0 Å². The third-order valence-corrected chi connectivity index (χ3v) is 4.36. The second kappa shape index (κ2) is 3.96. The van der Waals surface area contributed by atoms with E-state index in [1.165, 1.54) is 21.9 Å². The Bertz CT molecular complexity index is 726. The third kappa shape index (κ3) is 1.74. The molecule has 0 spiro atoms. The summed E-state index contributed by atoms with van der Waals surface area (Å²) in [6, 6.07) is 2.63. The minimum absolute atomic E-state index is 0.302. The van der Waals surface area contributed by atoms with Gasteiger partial charge in [0.05, 0.1) is 17.7 Å². The smallest absolute Gasteiger partial charge is 0.335 e. The quantitative estimate of drug-likeness (QED) is 0.805. The molecule has 0 N–H and O–H groups in total. The molecule has 5 nitrogen and oxygen atoms in total. The number of hydrogen-bond donors (Lipinski definition) is 0. The highest BCUT2D eigenvalue weighted by molar-refractivity contribution is 6.01. The molecule has 110 valence electrons. The van der Waals surface area contributed by atoms with Gasteiger partial charge in [0.15, 0.2) is 0 Å². The van der Waals surface area contributed by atoms with Crippen molar-refractivity contribution in [3.63, 3.8) is 0 Å². The molecule has 2 aromatic heterocycles. The molecule has 0 radical (unpaired) electrons. The predicted molar refractivity (Wildman–Crippen MR) is 65.5 cm³/mol. The summed E-state index contributed by atoms with van der Waals surface area (Å²) in [5.74, 6) is -2.19. The first-order valence-electron chi connectivity index (χ1n) is 6.65. The van der Waals surface area contributed by atoms with Gasteiger partial charge in [-0.2, -0.15) is 28.0 Å². The first kappa shape index (κ1) is 12.6. The number of aromatic nitrogens is 3. The van der Waals surface area contributed by atoms with E-state index in [1.54, 1.807) is 12.1 Å². The highest BCUT2D eigenvalue weighted by Gasteiger charge is 2.69. The molecule has 2 aliphatic rings. The van der Waals surface area contributed by atoms with Crippen LogP contribution >= 0.6 is 0 Å². The van der Waals surface area contributed by atoms with E-state index in [1.807, 2.05) is 0 Å². The first-order chi connectivity index (χ1) is 9.98. The molecule has 0 aromatic carbocycles. The lowest BCUT2D eigenvalue weighted by Crippen LogP contribution is -2.35. The zero-order chi connectivity index (χ0) is 14.8. The molecule has 4 rings (SSSR count). The van der Waals surface area contributed by atoms with Crippen molar-refractivity contribution in [2.45, 2.75) is 18.6 Å². The number of carbonyl (C=O) groups is 1. The van der Waals surface area contributed by atoms with Crippen molar-refractivity contribution in [1.29, 1.82) is 0 Å². The van der Waals surface area contributed by atoms with Crippen molar-refractivity contribution in [3.05, 3.63) is 30.1 Å². The summed E-state index contributed by atoms with van der Waals surface area (Å²) < 4.78 is 39.8. The van der Waals surface area contributed by atoms with Crippen LogP contribution < -0.4 is 0 Å². The average molecular weight is 296 g/mol. The number of halogens is 3. The SMILES string of the molecule is O=C(c1cnn2ncccc12)N1CCC2C1C2C(F)(F)F. The van der Waals surface area contributed by atoms with Crippen molar-refractivity contribution in [2.75, 3.05) is 6.54 Å². The number of piperidine rings is 1. The van der Waals surface area contributed by atoms with E-state index >= 15 is 0 Å². The van der Waals surface area contributed by atoms with Gasteiger partial charge in [-0.3, -0.25) is 4.79 Å². The van der Waals surface area contributed by atoms with Crippen molar-refractivity contribution in [2.24, 2.45) is 11.8 Å². The summed E-state index contributed by atoms with van der Waals surface area (Å²) in [4.78, 5) is 13.8. The van der Waals surface area contributed by atoms with Crippen LogP contribution in [0.3, 0.4) is 0 Å². The third-order valence-electron chi connectivity index (χ3n) is 4.36. The summed E-state index contributed by atoms with van der Waals surface area (Å²) in [6.07, 6.45) is -0.918. The minimum atomic E-state index is -4.23. The molecule has 21 heavy (non-hydrogen) atoms. The maximum Gasteiger partial charge on any atom is 0.394 e. The molecule has 3 atom stereocenters. The standard InChI is InChI=1S/C13H11F3N4O/c14-13(15,16)10-7-3-5-19(11(7)10)12(21)8-6-18-20-9(8)2-1-4-17-20/h1-2,4,6-7,10-11H,3,5H2. The molecule has 3 unspecified atom stereocenters. The van der Waals surface area contributed by atoms with Gasteiger partial charge >= 0.3 is 6.18 Å². The maximum atomic E-state index is 12.8. The fourth-order valence-electron chi connectivity index (χ4n) is 3.39. The van der Waals surface area contributed by atoms with E-state index in [0.29, 0.717) is 24.0 Å². The Morgan fingerprint density at radius 3 is 2.86 bits per heavy atom. The van der Waals surface area contributed by atoms with Crippen LogP contribution in [-0.2, 0) is 0 Å². The predicted octanol–water partition coefficient (Wildman–Crippen LogP) is 1.75. The molecule has 3 heterocycles. The van der Waals surface area contributed by atoms with Gasteiger partial charge in [0.1, 0.15) is 5.52 Å². The molecule has 1 aliphatic heterocycles. The monoisotopic (exact) mass is 296 g/mol. The lowest BCUT2D eigenvalue weighted by Gasteiger charge is -2.20. The Labute approximate surface area is 117 Å². The molecule has 1 saturated heterocycles. The van der Waals surface area contributed by atoms with Crippen LogP contribution in [0.2, 0.25) is 0 Å². The molecule has 0 bridgehead atoms. The van der Waals surface area contributed by atoms with Gasteiger partial charge in [-0.1, -0.05) is 0 Å². The summed E-state index contributed by atoms with van der Waals surface area (Å²) in [5, 5.41) is 7.90. The van der Waals surface area contributed by atoms with Crippen LogP contribution in [0.25, 0.3) is 5.52 Å². The summed E-state index contributed by atoms with van der Waals surface area (Å²) in [5.41, 5.74) is 0.812. The highest BCUT2D eigenvalue weighted by atomic mass is 19.4. The first-order valence-corrected chi connectivity index (χ1v) is 6.65. The van der Waals surface area contributed by atoms with Crippen LogP contribution in [0.1, 0.15) is 16.8 Å². The number of nitrogens with zero attached hydrogens (tertiary/aromatic N) is 4. The second-order valence-corrected chi connectivity index (χ2v) is 5.47. The summed E-state index contributed by atoms with van der Waals surface area (Å²) in [7, 11) is 0. The van der Waals surface area contributed by atoms with E-state index < -0.39 is 30.0 Å². The molecular formula is C13H11F3N4O. The summed E-state index contributed by atoms with van der Waals surface area (Å²) >= 11 is 0. The van der Waals surface area contributed by atoms with Crippen molar-refractivity contribution in [1.82, 2.24) is 19.7 Å². The second-order valence-electron chi connectivity index (χ2n) is 5.47. The lowest BCUT2D eigenvalue weighted by atomic mass is 10.2. The van der Waals surface area contributed by atoms with Crippen LogP contribution in [0, 0.1) is 11.8 Å². The van der Waals surface area contributed by atoms with Gasteiger partial charge in [-0.05, 0) is 24.5 Å². The van der Waals surface area contributed by atoms with E-state index in [2.05, 4.69) is 10.2 Å². The number of carbonyl (C=O) groups excluding carboxylic acids is 1. The molecule has 1 aliphatic carbocycles. The van der Waals surface area contributed by atoms with Gasteiger partial charge in [0.2, 0.25) is 0 Å². The molecule has 2 fully saturated rings. The molecule has 8 heteroatoms. The van der Waals surface area contributed by atoms with Gasteiger partial charge in [0, 0.05) is 18.8 Å². The summed E-state index contributed by atoms with van der Waals surface area (Å²) in [6.45, 7) is 0.373. The normalized spacial score (nSPS) is 28.0. The molecule has 1 amide bonds. The molecule has 2 aromatic rings. The number of hydrogen-bond acceptors (Lipinski definition) is 3. The maximum absolute atomic E-state index is 12.8. The van der Waals surface area contributed by atoms with E-state index in [-0.39, 0.29) is 0 Å². The van der Waals surface area contributed by atoms with Crippen LogP contribution in [0.5, 0.6) is 0 Å². The zero-order valence-electron chi connectivity index (χ0n) is 10.8. The van der Waals surface area contributed by atoms with Gasteiger partial charge in [0.25, 0.3) is 5.91 Å². The number of rotatable bonds is 1. The van der Waals surface area contributed by atoms with E-state index in [4.69, 9.17) is 0 Å². The molecular weight excluding hydrogens is 285 g/mol. The zero-order valence-corrected chi connectivity index (χ0v) is 10.8. The fourth-order valence-corrected chi connectivity index (χ4v) is 3.39. The van der Waals surface area contributed by atoms with Crippen molar-refractivity contribution >= 4 is 11.4 Å². The average Bonchev–Trinajstić information content (AvgIpc) is 2.83. The minimum Gasteiger partial charge on any atom is -0.335 e. The van der Waals surface area contributed by atoms with Gasteiger partial charge in [-0.15, -0.1) is 0 Å². The van der Waals surface area contributed by atoms with Crippen molar-refractivity contribution in [3.8, 4) is 0 Å². The number of alkyl halides is 3. The number of amides is 1. The number of fused-ring (bicyclic) bond motifs is 2. The Morgan fingerprint density at radius 1 is 1.33 bits per heavy atom. The van der Waals surface area contributed by atoms with Gasteiger partial charge in [-0.25, -0.2) is 0 Å². The topological polar surface area (TPSA) is 50.5 Å². The van der Waals surface area contributed by atoms with Crippen LogP contribution in [0.15, 0.2) is 24.5 Å². The van der Waals surface area contributed by atoms with E-state index in [0.717, 1.165) is 0 Å². The largest absolute Gasteiger partial charge is 0.394 e. The number of likely N-dealkylation sites (tertiary alicyclic amines) is 1. The Hall–Kier alpha value is -2.12. The van der Waals surface area contributed by atoms with Crippen LogP contribution in [-0.4, -0.2) is 44.4 Å². The van der Waals surface area contributed by atoms with Crippen LogP contribution in [0.4, 0.5) is 13.2 Å². The fraction of sp³-hybridized carbons (Fsp3) is 0.462. The Balaban J connectivity index is 1.64. The Kier molecular flexibility index (Phi) is 2.38. The lowest BCUT2D eigenvalue weighted by molar-refractivity contribution is -0.156. The van der Waals surface area contributed by atoms with Crippen molar-refractivity contribution < 1.29 is 18.0 Å². The highest BCUT2D eigenvalue weighted by Crippen LogP contribution is 2.58.